The van der Waals surface area contributed by atoms with E-state index in [4.69, 9.17) is 14.2 Å². The molecule has 3 aromatic carbocycles. The van der Waals surface area contributed by atoms with E-state index in [1.807, 2.05) is 62.5 Å². The monoisotopic (exact) mass is 685 g/mol. The second-order valence-corrected chi connectivity index (χ2v) is 17.2. The van der Waals surface area contributed by atoms with Gasteiger partial charge in [-0.3, -0.25) is 14.3 Å². The summed E-state index contributed by atoms with van der Waals surface area (Å²) in [6, 6.07) is 19.9. The molecule has 13 heteroatoms. The Bertz CT molecular complexity index is 1820. The van der Waals surface area contributed by atoms with Crippen LogP contribution in [-0.4, -0.2) is 72.0 Å². The van der Waals surface area contributed by atoms with Crippen molar-refractivity contribution in [2.45, 2.75) is 63.2 Å². The Morgan fingerprint density at radius 1 is 1.06 bits per heavy atom. The summed E-state index contributed by atoms with van der Waals surface area (Å²) in [6.45, 7) is 6.50. The van der Waals surface area contributed by atoms with Crippen LogP contribution >= 0.6 is 0 Å². The molecule has 1 saturated heterocycles. The number of aromatic nitrogens is 3. The van der Waals surface area contributed by atoms with Gasteiger partial charge in [0.1, 0.15) is 11.5 Å². The summed E-state index contributed by atoms with van der Waals surface area (Å²) in [6.07, 6.45) is 2.31. The molecule has 1 fully saturated rings. The Hall–Kier alpha value is -4.56. The van der Waals surface area contributed by atoms with Gasteiger partial charge >= 0.3 is 0 Å². The fraction of sp³-hybridized carbons (Fsp3) is 0.389. The molecular formula is C36H43N5O7Si. The smallest absolute Gasteiger partial charge is 0.264 e. The van der Waals surface area contributed by atoms with E-state index in [9.17, 15) is 19.5 Å². The van der Waals surface area contributed by atoms with E-state index in [2.05, 4.69) is 15.6 Å². The molecule has 0 aliphatic carbocycles. The lowest BCUT2D eigenvalue weighted by molar-refractivity contribution is -0.146. The Balaban J connectivity index is 1.29. The molecule has 2 aliphatic heterocycles. The van der Waals surface area contributed by atoms with Crippen molar-refractivity contribution in [3.8, 4) is 11.5 Å². The third-order valence-corrected chi connectivity index (χ3v) is 12.2. The first-order valence-electron chi connectivity index (χ1n) is 16.4. The SMILES string of the molecule is COc1ccc(C(=O)Nc2cccc(CN3C(=O)[C@]4(O[C@H](CCn5cc(CCO)nn5)[C@@H]([Si](C)(C)O)[C@@H]4C)c4cc(OC)ccc43)c2)cc1. The predicted octanol–water partition coefficient (Wildman–Crippen LogP) is 4.52. The molecule has 49 heavy (non-hydrogen) atoms. The minimum Gasteiger partial charge on any atom is -0.497 e. The summed E-state index contributed by atoms with van der Waals surface area (Å²) >= 11 is 0. The average molecular weight is 686 g/mol. The van der Waals surface area contributed by atoms with Crippen molar-refractivity contribution in [1.82, 2.24) is 15.0 Å². The Kier molecular flexibility index (Phi) is 9.62. The molecule has 2 amide bonds. The van der Waals surface area contributed by atoms with Gasteiger partial charge in [-0.25, -0.2) is 0 Å². The van der Waals surface area contributed by atoms with Crippen molar-refractivity contribution in [2.75, 3.05) is 31.0 Å². The number of nitrogens with one attached hydrogen (secondary N) is 1. The van der Waals surface area contributed by atoms with Crippen LogP contribution in [0.25, 0.3) is 0 Å². The van der Waals surface area contributed by atoms with Gasteiger partial charge in [0.05, 0.1) is 38.2 Å². The first kappa shape index (κ1) is 34.3. The molecule has 1 aromatic heterocycles. The van der Waals surface area contributed by atoms with Crippen molar-refractivity contribution in [2.24, 2.45) is 5.92 Å². The summed E-state index contributed by atoms with van der Waals surface area (Å²) < 4.78 is 19.5. The quantitative estimate of drug-likeness (QED) is 0.183. The molecule has 4 aromatic rings. The van der Waals surface area contributed by atoms with Crippen molar-refractivity contribution < 1.29 is 33.7 Å². The largest absolute Gasteiger partial charge is 0.497 e. The summed E-state index contributed by atoms with van der Waals surface area (Å²) in [5.41, 5.74) is 2.44. The maximum Gasteiger partial charge on any atom is 0.264 e. The number of anilines is 2. The lowest BCUT2D eigenvalue weighted by Crippen LogP contribution is -2.46. The zero-order valence-electron chi connectivity index (χ0n) is 28.4. The minimum atomic E-state index is -2.87. The Labute approximate surface area is 286 Å². The topological polar surface area (TPSA) is 148 Å². The normalized spacial score (nSPS) is 21.7. The highest BCUT2D eigenvalue weighted by Crippen LogP contribution is 2.60. The van der Waals surface area contributed by atoms with Crippen LogP contribution in [0, 0.1) is 5.92 Å². The first-order chi connectivity index (χ1) is 23.5. The minimum absolute atomic E-state index is 0.0129. The van der Waals surface area contributed by atoms with Gasteiger partial charge in [0.15, 0.2) is 13.9 Å². The number of hydrogen-bond acceptors (Lipinski definition) is 9. The Morgan fingerprint density at radius 2 is 1.80 bits per heavy atom. The van der Waals surface area contributed by atoms with Gasteiger partial charge in [-0.1, -0.05) is 24.3 Å². The van der Waals surface area contributed by atoms with Crippen LogP contribution in [0.3, 0.4) is 0 Å². The highest BCUT2D eigenvalue weighted by atomic mass is 28.4. The lowest BCUT2D eigenvalue weighted by Gasteiger charge is -2.32. The van der Waals surface area contributed by atoms with Crippen molar-refractivity contribution in [3.05, 3.63) is 95.3 Å². The second kappa shape index (κ2) is 13.7. The number of ether oxygens (including phenoxy) is 3. The average Bonchev–Trinajstić information content (AvgIpc) is 3.73. The molecule has 0 radical (unpaired) electrons. The summed E-state index contributed by atoms with van der Waals surface area (Å²) in [5.74, 6) is 0.461. The van der Waals surface area contributed by atoms with Crippen molar-refractivity contribution in [3.63, 3.8) is 0 Å². The number of nitrogens with zero attached hydrogens (tertiary/aromatic N) is 4. The number of aliphatic hydroxyl groups excluding tert-OH is 1. The zero-order chi connectivity index (χ0) is 34.9. The summed E-state index contributed by atoms with van der Waals surface area (Å²) in [7, 11) is 0.296. The second-order valence-electron chi connectivity index (χ2n) is 13.3. The number of aryl methyl sites for hydroxylation is 1. The number of aliphatic hydroxyl groups is 1. The number of rotatable bonds is 12. The predicted molar refractivity (Wildman–Crippen MR) is 186 cm³/mol. The number of hydrogen-bond donors (Lipinski definition) is 3. The summed E-state index contributed by atoms with van der Waals surface area (Å²) in [4.78, 5) is 41.2. The van der Waals surface area contributed by atoms with E-state index < -0.39 is 20.0 Å². The van der Waals surface area contributed by atoms with E-state index >= 15 is 0 Å². The van der Waals surface area contributed by atoms with Gasteiger partial charge in [0.25, 0.3) is 11.8 Å². The van der Waals surface area contributed by atoms with Crippen molar-refractivity contribution in [1.29, 1.82) is 0 Å². The number of carbonyl (C=O) groups is 2. The highest BCUT2D eigenvalue weighted by Gasteiger charge is 2.66. The number of amides is 2. The number of carbonyl (C=O) groups excluding carboxylic acids is 2. The highest BCUT2D eigenvalue weighted by molar-refractivity contribution is 6.71. The van der Waals surface area contributed by atoms with Gasteiger partial charge < -0.3 is 34.3 Å². The van der Waals surface area contributed by atoms with Crippen LogP contribution < -0.4 is 19.7 Å². The maximum atomic E-state index is 14.8. The van der Waals surface area contributed by atoms with Crippen molar-refractivity contribution >= 4 is 31.5 Å². The number of fused-ring (bicyclic) bond motifs is 2. The van der Waals surface area contributed by atoms with E-state index in [0.29, 0.717) is 59.1 Å². The van der Waals surface area contributed by atoms with E-state index in [0.717, 1.165) is 5.56 Å². The van der Waals surface area contributed by atoms with Gasteiger partial charge in [-0.2, -0.15) is 0 Å². The fourth-order valence-corrected chi connectivity index (χ4v) is 10.0. The molecule has 258 valence electrons. The van der Waals surface area contributed by atoms with E-state index in [-0.39, 0.29) is 36.4 Å². The van der Waals surface area contributed by atoms with Crippen LogP contribution in [0.2, 0.25) is 18.6 Å². The maximum absolute atomic E-state index is 14.8. The van der Waals surface area contributed by atoms with Gasteiger partial charge in [0.2, 0.25) is 0 Å². The molecule has 1 spiro atoms. The zero-order valence-corrected chi connectivity index (χ0v) is 29.4. The molecule has 6 rings (SSSR count). The third-order valence-electron chi connectivity index (χ3n) is 9.67. The summed E-state index contributed by atoms with van der Waals surface area (Å²) in [5, 5.41) is 20.6. The molecule has 0 bridgehead atoms. The molecule has 12 nitrogen and oxygen atoms in total. The van der Waals surface area contributed by atoms with Crippen LogP contribution in [-0.2, 0) is 34.6 Å². The van der Waals surface area contributed by atoms with Crippen LogP contribution in [0.15, 0.2) is 72.9 Å². The van der Waals surface area contributed by atoms with Crippen LogP contribution in [0.5, 0.6) is 11.5 Å². The first-order valence-corrected chi connectivity index (χ1v) is 19.5. The molecule has 2 aliphatic rings. The van der Waals surface area contributed by atoms with Gasteiger partial charge in [-0.15, -0.1) is 5.10 Å². The molecule has 4 atom stereocenters. The van der Waals surface area contributed by atoms with Crippen LogP contribution in [0.1, 0.15) is 40.5 Å². The molecule has 3 N–H and O–H groups in total. The van der Waals surface area contributed by atoms with Crippen LogP contribution in [0.4, 0.5) is 11.4 Å². The molecular weight excluding hydrogens is 643 g/mol. The van der Waals surface area contributed by atoms with E-state index in [1.54, 1.807) is 54.3 Å². The fourth-order valence-electron chi connectivity index (χ4n) is 7.42. The Morgan fingerprint density at radius 3 is 2.49 bits per heavy atom. The number of methoxy groups -OCH3 is 2. The van der Waals surface area contributed by atoms with E-state index in [1.165, 1.54) is 0 Å². The molecule has 0 saturated carbocycles. The molecule has 3 heterocycles. The third kappa shape index (κ3) is 6.58. The molecule has 0 unspecified atom stereocenters. The van der Waals surface area contributed by atoms with Gasteiger partial charge in [0, 0.05) is 54.0 Å². The van der Waals surface area contributed by atoms with Gasteiger partial charge in [-0.05, 0) is 79.7 Å². The standard InChI is InChI=1S/C36H43N5O7Si/c1-23-33(49(4,5)45)32(15-17-40-22-27(16-18-42)38-39-40)48-36(23)30-20-29(47-3)13-14-31(30)41(35(36)44)21-24-7-6-8-26(19-24)37-34(43)25-9-11-28(46-2)12-10-25/h6-14,19-20,22-23,32-33,42,45H,15-18,21H2,1-5H3,(H,37,43)/t23-,32+,33-,36+/m0/s1. The lowest BCUT2D eigenvalue weighted by atomic mass is 9.82. The number of benzene rings is 3.